The number of likely N-dealkylation sites (N-methyl/N-ethyl adjacent to an activating group) is 1. The van der Waals surface area contributed by atoms with Crippen LogP contribution in [0.2, 0.25) is 0 Å². The molecule has 1 saturated heterocycles. The molecule has 0 unspecified atom stereocenters. The number of nitrogens with zero attached hydrogens (tertiary/aromatic N) is 2. The number of benzene rings is 2. The molecular formula is C21H26N2O3. The van der Waals surface area contributed by atoms with Crippen molar-refractivity contribution in [1.29, 1.82) is 0 Å². The van der Waals surface area contributed by atoms with Crippen molar-refractivity contribution in [2.75, 3.05) is 39.3 Å². The Bertz CT molecular complexity index is 748. The Morgan fingerprint density at radius 2 is 1.92 bits per heavy atom. The van der Waals surface area contributed by atoms with E-state index in [1.165, 1.54) is 0 Å². The third-order valence-electron chi connectivity index (χ3n) is 5.02. The summed E-state index contributed by atoms with van der Waals surface area (Å²) in [6, 6.07) is 15.7. The van der Waals surface area contributed by atoms with Gasteiger partial charge in [-0.2, -0.15) is 0 Å². The van der Waals surface area contributed by atoms with E-state index in [0.717, 1.165) is 42.1 Å². The largest absolute Gasteiger partial charge is 0.497 e. The van der Waals surface area contributed by atoms with Crippen LogP contribution >= 0.6 is 0 Å². The van der Waals surface area contributed by atoms with Crippen molar-refractivity contribution in [3.8, 4) is 11.5 Å². The van der Waals surface area contributed by atoms with Crippen molar-refractivity contribution in [3.05, 3.63) is 54.1 Å². The van der Waals surface area contributed by atoms with Crippen molar-refractivity contribution in [2.45, 2.75) is 18.9 Å². The summed E-state index contributed by atoms with van der Waals surface area (Å²) in [4.78, 5) is 16.7. The molecule has 1 aliphatic heterocycles. The van der Waals surface area contributed by atoms with E-state index < -0.39 is 0 Å². The van der Waals surface area contributed by atoms with E-state index in [9.17, 15) is 4.79 Å². The smallest absolute Gasteiger partial charge is 0.240 e. The summed E-state index contributed by atoms with van der Waals surface area (Å²) in [5.74, 6) is 1.73. The molecule has 3 rings (SSSR count). The van der Waals surface area contributed by atoms with Crippen LogP contribution in [0.4, 0.5) is 5.69 Å². The first-order valence-corrected chi connectivity index (χ1v) is 8.91. The summed E-state index contributed by atoms with van der Waals surface area (Å²) in [6.45, 7) is 1.29. The van der Waals surface area contributed by atoms with Gasteiger partial charge in [-0.1, -0.05) is 18.2 Å². The number of ether oxygens (including phenoxy) is 2. The van der Waals surface area contributed by atoms with Crippen molar-refractivity contribution in [3.63, 3.8) is 0 Å². The molecule has 1 fully saturated rings. The molecule has 0 aliphatic carbocycles. The average Bonchev–Trinajstić information content (AvgIpc) is 3.15. The third-order valence-corrected chi connectivity index (χ3v) is 5.02. The molecule has 0 aromatic heterocycles. The van der Waals surface area contributed by atoms with Crippen LogP contribution in [0.25, 0.3) is 0 Å². The van der Waals surface area contributed by atoms with Gasteiger partial charge < -0.3 is 14.4 Å². The molecule has 0 bridgehead atoms. The van der Waals surface area contributed by atoms with Gasteiger partial charge >= 0.3 is 0 Å². The fourth-order valence-electron chi connectivity index (χ4n) is 3.54. The van der Waals surface area contributed by atoms with Gasteiger partial charge in [0.05, 0.1) is 20.8 Å². The molecule has 5 heteroatoms. The maximum atomic E-state index is 12.8. The quantitative estimate of drug-likeness (QED) is 0.796. The van der Waals surface area contributed by atoms with Crippen molar-refractivity contribution in [2.24, 2.45) is 0 Å². The minimum absolute atomic E-state index is 0.0879. The van der Waals surface area contributed by atoms with Crippen LogP contribution in [0, 0.1) is 0 Å². The summed E-state index contributed by atoms with van der Waals surface area (Å²) in [6.07, 6.45) is 2.07. The van der Waals surface area contributed by atoms with E-state index in [0.29, 0.717) is 6.54 Å². The molecule has 1 aliphatic rings. The lowest BCUT2D eigenvalue weighted by Crippen LogP contribution is -2.38. The summed E-state index contributed by atoms with van der Waals surface area (Å²) >= 11 is 0. The van der Waals surface area contributed by atoms with E-state index >= 15 is 0 Å². The standard InChI is InChI=1S/C21H26N2O3/c1-22(16-8-5-4-6-9-16)21(24)15-23-13-7-10-19(23)18-14-17(25-2)11-12-20(18)26-3/h4-6,8-9,11-12,14,19H,7,10,13,15H2,1-3H3/t19-/m1/s1. The molecule has 2 aromatic rings. The van der Waals surface area contributed by atoms with Crippen LogP contribution in [0.5, 0.6) is 11.5 Å². The molecule has 0 radical (unpaired) electrons. The van der Waals surface area contributed by atoms with Gasteiger partial charge in [-0.3, -0.25) is 9.69 Å². The highest BCUT2D eigenvalue weighted by atomic mass is 16.5. The number of carbonyl (C=O) groups excluding carboxylic acids is 1. The predicted molar refractivity (Wildman–Crippen MR) is 103 cm³/mol. The SMILES string of the molecule is COc1ccc(OC)c([C@H]2CCCN2CC(=O)N(C)c2ccccc2)c1. The second-order valence-electron chi connectivity index (χ2n) is 6.52. The summed E-state index contributed by atoms with van der Waals surface area (Å²) in [5.41, 5.74) is 1.99. The Morgan fingerprint density at radius 3 is 2.62 bits per heavy atom. The zero-order valence-corrected chi connectivity index (χ0v) is 15.6. The number of para-hydroxylation sites is 1. The topological polar surface area (TPSA) is 42.0 Å². The Hall–Kier alpha value is -2.53. The summed E-state index contributed by atoms with van der Waals surface area (Å²) in [7, 11) is 5.17. The lowest BCUT2D eigenvalue weighted by atomic mass is 10.0. The molecule has 2 aromatic carbocycles. The van der Waals surface area contributed by atoms with Crippen LogP contribution in [0.1, 0.15) is 24.4 Å². The number of carbonyl (C=O) groups is 1. The number of rotatable bonds is 6. The summed E-state index contributed by atoms with van der Waals surface area (Å²) < 4.78 is 10.9. The highest BCUT2D eigenvalue weighted by molar-refractivity contribution is 5.94. The van der Waals surface area contributed by atoms with Gasteiger partial charge in [-0.05, 0) is 49.7 Å². The molecular weight excluding hydrogens is 328 g/mol. The molecule has 5 nitrogen and oxygen atoms in total. The first kappa shape index (κ1) is 18.3. The molecule has 1 atom stereocenters. The van der Waals surface area contributed by atoms with Gasteiger partial charge in [-0.15, -0.1) is 0 Å². The van der Waals surface area contributed by atoms with Crippen LogP contribution < -0.4 is 14.4 Å². The number of hydrogen-bond donors (Lipinski definition) is 0. The third kappa shape index (κ3) is 3.83. The minimum Gasteiger partial charge on any atom is -0.497 e. The van der Waals surface area contributed by atoms with Crippen molar-refractivity contribution < 1.29 is 14.3 Å². The van der Waals surface area contributed by atoms with Gasteiger partial charge in [0.1, 0.15) is 11.5 Å². The fourth-order valence-corrected chi connectivity index (χ4v) is 3.54. The van der Waals surface area contributed by atoms with E-state index in [4.69, 9.17) is 9.47 Å². The Morgan fingerprint density at radius 1 is 1.15 bits per heavy atom. The summed E-state index contributed by atoms with van der Waals surface area (Å²) in [5, 5.41) is 0. The number of amides is 1. The number of hydrogen-bond acceptors (Lipinski definition) is 4. The van der Waals surface area contributed by atoms with Gasteiger partial charge in [0.2, 0.25) is 5.91 Å². The Labute approximate surface area is 155 Å². The van der Waals surface area contributed by atoms with Crippen molar-refractivity contribution in [1.82, 2.24) is 4.90 Å². The molecule has 26 heavy (non-hydrogen) atoms. The maximum Gasteiger partial charge on any atom is 0.240 e. The second kappa shape index (κ2) is 8.23. The van der Waals surface area contributed by atoms with Gasteiger partial charge in [-0.25, -0.2) is 0 Å². The number of anilines is 1. The molecule has 138 valence electrons. The van der Waals surface area contributed by atoms with Crippen LogP contribution in [-0.2, 0) is 4.79 Å². The highest BCUT2D eigenvalue weighted by Crippen LogP contribution is 2.38. The lowest BCUT2D eigenvalue weighted by molar-refractivity contribution is -0.119. The van der Waals surface area contributed by atoms with E-state index in [-0.39, 0.29) is 11.9 Å². The maximum absolute atomic E-state index is 12.8. The molecule has 0 saturated carbocycles. The van der Waals surface area contributed by atoms with Gasteiger partial charge in [0.25, 0.3) is 0 Å². The molecule has 0 N–H and O–H groups in total. The van der Waals surface area contributed by atoms with E-state index in [1.807, 2.05) is 55.6 Å². The zero-order valence-electron chi connectivity index (χ0n) is 15.6. The molecule has 1 heterocycles. The monoisotopic (exact) mass is 354 g/mol. The number of likely N-dealkylation sites (tertiary alicyclic amines) is 1. The predicted octanol–water partition coefficient (Wildman–Crippen LogP) is 3.50. The van der Waals surface area contributed by atoms with Crippen LogP contribution in [-0.4, -0.2) is 45.2 Å². The van der Waals surface area contributed by atoms with Gasteiger partial charge in [0, 0.05) is 24.3 Å². The fraction of sp³-hybridized carbons (Fsp3) is 0.381. The Kier molecular flexibility index (Phi) is 5.78. The lowest BCUT2D eigenvalue weighted by Gasteiger charge is -2.28. The van der Waals surface area contributed by atoms with E-state index in [2.05, 4.69) is 4.90 Å². The first-order valence-electron chi connectivity index (χ1n) is 8.91. The Balaban J connectivity index is 1.77. The molecule has 0 spiro atoms. The minimum atomic E-state index is 0.0879. The normalized spacial score (nSPS) is 17.1. The first-order chi connectivity index (χ1) is 12.6. The highest BCUT2D eigenvalue weighted by Gasteiger charge is 2.31. The second-order valence-corrected chi connectivity index (χ2v) is 6.52. The average molecular weight is 354 g/mol. The van der Waals surface area contributed by atoms with Crippen molar-refractivity contribution >= 4 is 11.6 Å². The van der Waals surface area contributed by atoms with E-state index in [1.54, 1.807) is 19.1 Å². The van der Waals surface area contributed by atoms with Crippen LogP contribution in [0.3, 0.4) is 0 Å². The van der Waals surface area contributed by atoms with Crippen LogP contribution in [0.15, 0.2) is 48.5 Å². The van der Waals surface area contributed by atoms with Gasteiger partial charge in [0.15, 0.2) is 0 Å². The number of methoxy groups -OCH3 is 2. The molecule has 1 amide bonds. The zero-order chi connectivity index (χ0) is 18.5.